The molecule has 2 aliphatic rings. The number of carbonyl (C=O) groups is 1. The number of methoxy groups -OCH3 is 1. The number of hydrogen-bond donors (Lipinski definition) is 0. The van der Waals surface area contributed by atoms with Crippen LogP contribution in [0.2, 0.25) is 5.02 Å². The first-order chi connectivity index (χ1) is 13.1. The molecule has 0 aliphatic carbocycles. The molecule has 3 heterocycles. The minimum absolute atomic E-state index is 0.0351. The van der Waals surface area contributed by atoms with Crippen LogP contribution in [0.25, 0.3) is 0 Å². The van der Waals surface area contributed by atoms with Crippen molar-refractivity contribution in [1.29, 1.82) is 0 Å². The molecule has 142 valence electrons. The molecular formula is C20H21ClN2O4. The van der Waals surface area contributed by atoms with E-state index in [1.807, 2.05) is 23.1 Å². The smallest absolute Gasteiger partial charge is 0.255 e. The van der Waals surface area contributed by atoms with Crippen LogP contribution in [0.3, 0.4) is 0 Å². The van der Waals surface area contributed by atoms with Crippen molar-refractivity contribution in [3.8, 4) is 11.6 Å². The summed E-state index contributed by atoms with van der Waals surface area (Å²) in [6, 6.07) is 7.60. The van der Waals surface area contributed by atoms with Crippen LogP contribution in [0, 0.1) is 0 Å². The van der Waals surface area contributed by atoms with E-state index in [4.69, 9.17) is 25.8 Å². The highest BCUT2D eigenvalue weighted by Crippen LogP contribution is 2.28. The number of halogens is 1. The van der Waals surface area contributed by atoms with E-state index in [9.17, 15) is 4.79 Å². The first-order valence-corrected chi connectivity index (χ1v) is 9.37. The van der Waals surface area contributed by atoms with Crippen molar-refractivity contribution in [1.82, 2.24) is 9.88 Å². The van der Waals surface area contributed by atoms with Crippen molar-refractivity contribution in [2.45, 2.75) is 25.5 Å². The zero-order valence-corrected chi connectivity index (χ0v) is 15.9. The Hall–Kier alpha value is -2.31. The molecule has 1 aromatic carbocycles. The lowest BCUT2D eigenvalue weighted by Crippen LogP contribution is -2.36. The molecule has 1 unspecified atom stereocenters. The van der Waals surface area contributed by atoms with Gasteiger partial charge in [-0.1, -0.05) is 17.7 Å². The summed E-state index contributed by atoms with van der Waals surface area (Å²) >= 11 is 6.29. The van der Waals surface area contributed by atoms with Crippen molar-refractivity contribution in [3.05, 3.63) is 52.2 Å². The number of hydrogen-bond acceptors (Lipinski definition) is 5. The standard InChI is InChI=1S/C20H21ClN2O4/c1-25-16-3-2-14-11-23(6-4-13(14)8-16)20(24)15-9-18(21)19(22-10-15)27-17-5-7-26-12-17/h2-3,8-10,17H,4-7,11-12H2,1H3. The minimum atomic E-state index is -0.0818. The number of fused-ring (bicyclic) bond motifs is 1. The summed E-state index contributed by atoms with van der Waals surface area (Å²) in [6.07, 6.45) is 3.11. The molecule has 6 nitrogen and oxygen atoms in total. The number of rotatable bonds is 4. The van der Waals surface area contributed by atoms with Gasteiger partial charge in [0, 0.05) is 25.7 Å². The SMILES string of the molecule is COc1ccc2c(c1)CCN(C(=O)c1cnc(OC3CCOC3)c(Cl)c1)C2. The van der Waals surface area contributed by atoms with Crippen molar-refractivity contribution in [3.63, 3.8) is 0 Å². The Bertz CT molecular complexity index is 852. The average molecular weight is 389 g/mol. The average Bonchev–Trinajstić information content (AvgIpc) is 3.21. The van der Waals surface area contributed by atoms with E-state index in [2.05, 4.69) is 4.98 Å². The minimum Gasteiger partial charge on any atom is -0.497 e. The zero-order chi connectivity index (χ0) is 18.8. The highest BCUT2D eigenvalue weighted by atomic mass is 35.5. The number of ether oxygens (including phenoxy) is 3. The summed E-state index contributed by atoms with van der Waals surface area (Å²) in [5, 5.41) is 0.342. The molecular weight excluding hydrogens is 368 g/mol. The number of carbonyl (C=O) groups excluding carboxylic acids is 1. The highest BCUT2D eigenvalue weighted by molar-refractivity contribution is 6.32. The molecule has 4 rings (SSSR count). The van der Waals surface area contributed by atoms with Crippen LogP contribution in [0.15, 0.2) is 30.5 Å². The monoisotopic (exact) mass is 388 g/mol. The second kappa shape index (κ2) is 7.74. The van der Waals surface area contributed by atoms with Crippen LogP contribution in [0.4, 0.5) is 0 Å². The highest BCUT2D eigenvalue weighted by Gasteiger charge is 2.24. The Morgan fingerprint density at radius 2 is 2.22 bits per heavy atom. The number of pyridine rings is 1. The maximum atomic E-state index is 12.9. The van der Waals surface area contributed by atoms with E-state index < -0.39 is 0 Å². The van der Waals surface area contributed by atoms with Gasteiger partial charge in [0.15, 0.2) is 0 Å². The molecule has 27 heavy (non-hydrogen) atoms. The molecule has 2 aliphatic heterocycles. The van der Waals surface area contributed by atoms with Crippen molar-refractivity contribution in [2.24, 2.45) is 0 Å². The molecule has 0 bridgehead atoms. The third-order valence-electron chi connectivity index (χ3n) is 4.93. The fourth-order valence-electron chi connectivity index (χ4n) is 3.41. The normalized spacial score (nSPS) is 18.9. The van der Waals surface area contributed by atoms with Gasteiger partial charge in [0.1, 0.15) is 16.9 Å². The van der Waals surface area contributed by atoms with Gasteiger partial charge in [-0.2, -0.15) is 0 Å². The van der Waals surface area contributed by atoms with Gasteiger partial charge in [-0.05, 0) is 35.7 Å². The fraction of sp³-hybridized carbons (Fsp3) is 0.400. The van der Waals surface area contributed by atoms with E-state index in [0.717, 1.165) is 24.2 Å². The summed E-state index contributed by atoms with van der Waals surface area (Å²) in [4.78, 5) is 18.9. The third kappa shape index (κ3) is 3.87. The molecule has 7 heteroatoms. The van der Waals surface area contributed by atoms with Crippen LogP contribution in [0.5, 0.6) is 11.6 Å². The van der Waals surface area contributed by atoms with Crippen LogP contribution < -0.4 is 9.47 Å². The Morgan fingerprint density at radius 1 is 1.33 bits per heavy atom. The first-order valence-electron chi connectivity index (χ1n) is 8.99. The van der Waals surface area contributed by atoms with E-state index in [0.29, 0.717) is 42.8 Å². The number of benzene rings is 1. The predicted molar refractivity (Wildman–Crippen MR) is 101 cm³/mol. The van der Waals surface area contributed by atoms with Crippen LogP contribution >= 0.6 is 11.6 Å². The molecule has 1 saturated heterocycles. The summed E-state index contributed by atoms with van der Waals surface area (Å²) < 4.78 is 16.3. The molecule has 0 spiro atoms. The van der Waals surface area contributed by atoms with Gasteiger partial charge >= 0.3 is 0 Å². The maximum Gasteiger partial charge on any atom is 0.255 e. The number of nitrogens with zero attached hydrogens (tertiary/aromatic N) is 2. The lowest BCUT2D eigenvalue weighted by molar-refractivity contribution is 0.0734. The summed E-state index contributed by atoms with van der Waals surface area (Å²) in [5.74, 6) is 1.11. The third-order valence-corrected chi connectivity index (χ3v) is 5.20. The molecule has 1 fully saturated rings. The molecule has 2 aromatic rings. The van der Waals surface area contributed by atoms with Gasteiger partial charge in [0.25, 0.3) is 5.91 Å². The lowest BCUT2D eigenvalue weighted by atomic mass is 9.99. The Labute approximate surface area is 163 Å². The number of aromatic nitrogens is 1. The Morgan fingerprint density at radius 3 is 2.96 bits per heavy atom. The molecule has 1 aromatic heterocycles. The van der Waals surface area contributed by atoms with Gasteiger partial charge in [-0.25, -0.2) is 4.98 Å². The summed E-state index contributed by atoms with van der Waals surface area (Å²) in [5.41, 5.74) is 2.82. The lowest BCUT2D eigenvalue weighted by Gasteiger charge is -2.29. The van der Waals surface area contributed by atoms with Crippen molar-refractivity contribution >= 4 is 17.5 Å². The molecule has 1 amide bonds. The van der Waals surface area contributed by atoms with E-state index in [1.165, 1.54) is 11.8 Å². The van der Waals surface area contributed by atoms with Crippen LogP contribution in [0.1, 0.15) is 27.9 Å². The number of amides is 1. The maximum absolute atomic E-state index is 12.9. The molecule has 0 N–H and O–H groups in total. The van der Waals surface area contributed by atoms with Crippen molar-refractivity contribution < 1.29 is 19.0 Å². The quantitative estimate of drug-likeness (QED) is 0.805. The summed E-state index contributed by atoms with van der Waals surface area (Å²) in [7, 11) is 1.66. The van der Waals surface area contributed by atoms with E-state index in [1.54, 1.807) is 13.2 Å². The Kier molecular flexibility index (Phi) is 5.18. The van der Waals surface area contributed by atoms with E-state index >= 15 is 0 Å². The summed E-state index contributed by atoms with van der Waals surface area (Å²) in [6.45, 7) is 2.43. The second-order valence-corrected chi connectivity index (χ2v) is 7.13. The largest absolute Gasteiger partial charge is 0.497 e. The van der Waals surface area contributed by atoms with E-state index in [-0.39, 0.29) is 12.0 Å². The van der Waals surface area contributed by atoms with Gasteiger partial charge in [-0.15, -0.1) is 0 Å². The van der Waals surface area contributed by atoms with Crippen molar-refractivity contribution in [2.75, 3.05) is 26.9 Å². The van der Waals surface area contributed by atoms with Gasteiger partial charge in [0.2, 0.25) is 5.88 Å². The van der Waals surface area contributed by atoms with Crippen LogP contribution in [-0.2, 0) is 17.7 Å². The van der Waals surface area contributed by atoms with Gasteiger partial charge in [-0.3, -0.25) is 4.79 Å². The zero-order valence-electron chi connectivity index (χ0n) is 15.1. The second-order valence-electron chi connectivity index (χ2n) is 6.73. The predicted octanol–water partition coefficient (Wildman–Crippen LogP) is 3.11. The first kappa shape index (κ1) is 18.1. The fourth-order valence-corrected chi connectivity index (χ4v) is 3.62. The molecule has 0 radical (unpaired) electrons. The topological polar surface area (TPSA) is 60.9 Å². The van der Waals surface area contributed by atoms with Crippen LogP contribution in [-0.4, -0.2) is 48.8 Å². The molecule has 0 saturated carbocycles. The van der Waals surface area contributed by atoms with Gasteiger partial charge < -0.3 is 19.1 Å². The Balaban J connectivity index is 1.46. The van der Waals surface area contributed by atoms with Gasteiger partial charge in [0.05, 0.1) is 25.9 Å². The molecule has 1 atom stereocenters.